The lowest BCUT2D eigenvalue weighted by Crippen LogP contribution is -2.45. The number of carbonyl (C=O) groups is 2. The SMILES string of the molecule is C/C=C\C1C(=O)N(CNC(C)CCCCCCCCC)C(=O)N1CNC(C)CCCCCCCCC. The molecule has 1 fully saturated rings. The minimum absolute atomic E-state index is 0.129. The van der Waals surface area contributed by atoms with E-state index in [4.69, 9.17) is 0 Å². The Hall–Kier alpha value is -1.40. The first-order chi connectivity index (χ1) is 17.5. The van der Waals surface area contributed by atoms with Crippen molar-refractivity contribution in [2.24, 2.45) is 0 Å². The molecule has 2 N–H and O–H groups in total. The minimum atomic E-state index is -0.513. The molecule has 3 atom stereocenters. The maximum Gasteiger partial charge on any atom is 0.329 e. The van der Waals surface area contributed by atoms with Crippen LogP contribution in [0.25, 0.3) is 0 Å². The van der Waals surface area contributed by atoms with Gasteiger partial charge in [-0.15, -0.1) is 0 Å². The van der Waals surface area contributed by atoms with Crippen molar-refractivity contribution in [1.82, 2.24) is 20.4 Å². The summed E-state index contributed by atoms with van der Waals surface area (Å²) in [7, 11) is 0. The maximum absolute atomic E-state index is 13.1. The predicted octanol–water partition coefficient (Wildman–Crippen LogP) is 7.35. The third-order valence-electron chi connectivity index (χ3n) is 7.40. The highest BCUT2D eigenvalue weighted by atomic mass is 16.2. The molecule has 3 unspecified atom stereocenters. The number of nitrogens with zero attached hydrogens (tertiary/aromatic N) is 2. The van der Waals surface area contributed by atoms with Crippen LogP contribution < -0.4 is 10.6 Å². The van der Waals surface area contributed by atoms with Crippen molar-refractivity contribution in [3.63, 3.8) is 0 Å². The van der Waals surface area contributed by atoms with Gasteiger partial charge in [0, 0.05) is 12.1 Å². The van der Waals surface area contributed by atoms with E-state index in [2.05, 4.69) is 38.3 Å². The first-order valence-electron chi connectivity index (χ1n) is 15.2. The van der Waals surface area contributed by atoms with Crippen LogP contribution >= 0.6 is 0 Å². The van der Waals surface area contributed by atoms with Crippen molar-refractivity contribution in [3.8, 4) is 0 Å². The molecule has 0 aliphatic carbocycles. The Bertz CT molecular complexity index is 610. The second kappa shape index (κ2) is 20.6. The summed E-state index contributed by atoms with van der Waals surface area (Å²) in [5.74, 6) is -0.129. The van der Waals surface area contributed by atoms with Crippen LogP contribution in [0.5, 0.6) is 0 Å². The molecule has 1 aliphatic rings. The number of urea groups is 1. The van der Waals surface area contributed by atoms with Crippen molar-refractivity contribution >= 4 is 11.9 Å². The molecule has 0 aromatic carbocycles. The predicted molar refractivity (Wildman–Crippen MR) is 153 cm³/mol. The highest BCUT2D eigenvalue weighted by Gasteiger charge is 2.43. The standard InChI is InChI=1S/C30H58N4O2/c1-6-9-11-13-15-17-19-22-26(4)31-24-33-28(21-8-3)29(35)34(30(33)36)25-32-27(5)23-20-18-16-14-12-10-7-2/h8,21,26-28,31-32H,6-7,9-20,22-25H2,1-5H3/b21-8-. The van der Waals surface area contributed by atoms with E-state index >= 15 is 0 Å². The lowest BCUT2D eigenvalue weighted by atomic mass is 10.1. The third-order valence-corrected chi connectivity index (χ3v) is 7.40. The highest BCUT2D eigenvalue weighted by molar-refractivity contribution is 6.05. The second-order valence-corrected chi connectivity index (χ2v) is 10.8. The van der Waals surface area contributed by atoms with E-state index in [1.54, 1.807) is 4.90 Å². The highest BCUT2D eigenvalue weighted by Crippen LogP contribution is 2.19. The molecule has 0 aromatic heterocycles. The summed E-state index contributed by atoms with van der Waals surface area (Å²) in [6, 6.07) is -0.102. The average Bonchev–Trinajstić information content (AvgIpc) is 3.08. The van der Waals surface area contributed by atoms with Crippen LogP contribution in [-0.2, 0) is 4.79 Å². The Morgan fingerprint density at radius 2 is 1.17 bits per heavy atom. The number of carbonyl (C=O) groups excluding carboxylic acids is 2. The fourth-order valence-corrected chi connectivity index (χ4v) is 4.86. The van der Waals surface area contributed by atoms with Gasteiger partial charge in [-0.1, -0.05) is 116 Å². The third kappa shape index (κ3) is 13.2. The number of rotatable bonds is 23. The fourth-order valence-electron chi connectivity index (χ4n) is 4.86. The summed E-state index contributed by atoms with van der Waals surface area (Å²) in [5, 5.41) is 6.90. The molecule has 6 nitrogen and oxygen atoms in total. The minimum Gasteiger partial charge on any atom is -0.297 e. The van der Waals surface area contributed by atoms with Crippen molar-refractivity contribution in [2.45, 2.75) is 155 Å². The van der Waals surface area contributed by atoms with E-state index in [9.17, 15) is 9.59 Å². The molecule has 0 radical (unpaired) electrons. The zero-order chi connectivity index (χ0) is 26.6. The molecule has 210 valence electrons. The Morgan fingerprint density at radius 3 is 1.64 bits per heavy atom. The Kier molecular flexibility index (Phi) is 18.7. The van der Waals surface area contributed by atoms with Crippen LogP contribution in [0.1, 0.15) is 137 Å². The molecule has 1 aliphatic heterocycles. The van der Waals surface area contributed by atoms with Gasteiger partial charge < -0.3 is 0 Å². The van der Waals surface area contributed by atoms with Crippen molar-refractivity contribution < 1.29 is 9.59 Å². The van der Waals surface area contributed by atoms with E-state index in [1.807, 2.05) is 19.1 Å². The summed E-state index contributed by atoms with van der Waals surface area (Å²) in [6.45, 7) is 11.4. The fraction of sp³-hybridized carbons (Fsp3) is 0.867. The summed E-state index contributed by atoms with van der Waals surface area (Å²) in [4.78, 5) is 29.2. The summed E-state index contributed by atoms with van der Waals surface area (Å²) >= 11 is 0. The number of nitrogens with one attached hydrogen (secondary N) is 2. The van der Waals surface area contributed by atoms with E-state index in [-0.39, 0.29) is 24.6 Å². The van der Waals surface area contributed by atoms with E-state index in [1.165, 1.54) is 94.8 Å². The topological polar surface area (TPSA) is 64.7 Å². The molecule has 0 aromatic rings. The number of unbranched alkanes of at least 4 members (excludes halogenated alkanes) is 12. The van der Waals surface area contributed by atoms with E-state index in [0.29, 0.717) is 12.7 Å². The first kappa shape index (κ1) is 32.6. The van der Waals surface area contributed by atoms with Crippen molar-refractivity contribution in [1.29, 1.82) is 0 Å². The molecular formula is C30H58N4O2. The second-order valence-electron chi connectivity index (χ2n) is 10.8. The number of allylic oxidation sites excluding steroid dienone is 1. The van der Waals surface area contributed by atoms with Crippen LogP contribution in [0, 0.1) is 0 Å². The quantitative estimate of drug-likeness (QED) is 0.0864. The van der Waals surface area contributed by atoms with Gasteiger partial charge in [0.1, 0.15) is 6.04 Å². The van der Waals surface area contributed by atoms with Gasteiger partial charge in [0.2, 0.25) is 0 Å². The summed E-state index contributed by atoms with van der Waals surface area (Å²) in [6.07, 6.45) is 24.1. The van der Waals surface area contributed by atoms with Gasteiger partial charge in [0.25, 0.3) is 5.91 Å². The van der Waals surface area contributed by atoms with Crippen molar-refractivity contribution in [2.75, 3.05) is 13.3 Å². The maximum atomic E-state index is 13.1. The average molecular weight is 507 g/mol. The number of hydrogen-bond donors (Lipinski definition) is 2. The van der Waals surface area contributed by atoms with Crippen LogP contribution in [0.4, 0.5) is 4.79 Å². The van der Waals surface area contributed by atoms with Crippen LogP contribution in [0.15, 0.2) is 12.2 Å². The zero-order valence-electron chi connectivity index (χ0n) is 24.3. The molecule has 1 heterocycles. The molecular weight excluding hydrogens is 448 g/mol. The lowest BCUT2D eigenvalue weighted by Gasteiger charge is -2.23. The summed E-state index contributed by atoms with van der Waals surface area (Å²) < 4.78 is 0. The molecule has 0 saturated carbocycles. The van der Waals surface area contributed by atoms with Gasteiger partial charge >= 0.3 is 6.03 Å². The molecule has 36 heavy (non-hydrogen) atoms. The Morgan fingerprint density at radius 1 is 0.722 bits per heavy atom. The van der Waals surface area contributed by atoms with Crippen molar-refractivity contribution in [3.05, 3.63) is 12.2 Å². The smallest absolute Gasteiger partial charge is 0.297 e. The Labute approximate surface area is 223 Å². The molecule has 0 bridgehead atoms. The molecule has 1 rings (SSSR count). The normalized spacial score (nSPS) is 18.1. The van der Waals surface area contributed by atoms with Gasteiger partial charge in [0.15, 0.2) is 0 Å². The molecule has 6 heteroatoms. The van der Waals surface area contributed by atoms with Gasteiger partial charge in [-0.25, -0.2) is 9.69 Å². The van der Waals surface area contributed by atoms with Crippen LogP contribution in [0.3, 0.4) is 0 Å². The largest absolute Gasteiger partial charge is 0.329 e. The van der Waals surface area contributed by atoms with E-state index in [0.717, 1.165) is 12.8 Å². The van der Waals surface area contributed by atoms with E-state index < -0.39 is 6.04 Å². The number of imide groups is 1. The van der Waals surface area contributed by atoms with Crippen LogP contribution in [0.2, 0.25) is 0 Å². The Balaban J connectivity index is 2.38. The first-order valence-corrected chi connectivity index (χ1v) is 15.2. The van der Waals surface area contributed by atoms with Gasteiger partial charge in [-0.2, -0.15) is 0 Å². The van der Waals surface area contributed by atoms with Crippen LogP contribution in [-0.4, -0.2) is 53.2 Å². The van der Waals surface area contributed by atoms with Gasteiger partial charge in [-0.05, 0) is 33.6 Å². The number of amides is 3. The molecule has 1 saturated heterocycles. The summed E-state index contributed by atoms with van der Waals surface area (Å²) in [5.41, 5.74) is 0. The zero-order valence-corrected chi connectivity index (χ0v) is 24.3. The number of hydrogen-bond acceptors (Lipinski definition) is 4. The van der Waals surface area contributed by atoms with Gasteiger partial charge in [0.05, 0.1) is 13.3 Å². The monoisotopic (exact) mass is 506 g/mol. The molecule has 0 spiro atoms. The molecule has 3 amide bonds. The lowest BCUT2D eigenvalue weighted by molar-refractivity contribution is -0.127. The van der Waals surface area contributed by atoms with Gasteiger partial charge in [-0.3, -0.25) is 20.3 Å².